The van der Waals surface area contributed by atoms with Crippen molar-refractivity contribution in [2.45, 2.75) is 62.8 Å². The number of carbonyl (C=O) groups excluding carboxylic acids is 3. The number of amides is 3. The van der Waals surface area contributed by atoms with Gasteiger partial charge in [0, 0.05) is 18.0 Å². The lowest BCUT2D eigenvalue weighted by Crippen LogP contribution is -2.53. The van der Waals surface area contributed by atoms with Gasteiger partial charge in [0.25, 0.3) is 0 Å². The molecule has 0 aliphatic heterocycles. The normalized spacial score (nSPS) is 12.9. The van der Waals surface area contributed by atoms with Crippen LogP contribution in [0.5, 0.6) is 0 Å². The highest BCUT2D eigenvalue weighted by molar-refractivity contribution is 5.98. The summed E-state index contributed by atoms with van der Waals surface area (Å²) < 4.78 is 5.90. The first-order valence-electron chi connectivity index (χ1n) is 22.7. The Morgan fingerprint density at radius 1 is 0.576 bits per heavy atom. The second-order valence-electron chi connectivity index (χ2n) is 16.9. The van der Waals surface area contributed by atoms with E-state index in [9.17, 15) is 19.5 Å². The van der Waals surface area contributed by atoms with Crippen LogP contribution in [0.3, 0.4) is 0 Å². The average molecular weight is 877 g/mol. The maximum atomic E-state index is 14.4. The number of anilines is 1. The van der Waals surface area contributed by atoms with Gasteiger partial charge in [-0.3, -0.25) is 14.9 Å². The molecule has 0 spiro atoms. The van der Waals surface area contributed by atoms with Crippen molar-refractivity contribution in [3.05, 3.63) is 233 Å². The number of ether oxygens (including phenoxy) is 1. The van der Waals surface area contributed by atoms with Gasteiger partial charge >= 0.3 is 6.09 Å². The Balaban J connectivity index is 0.992. The molecule has 1 aliphatic rings. The quantitative estimate of drug-likeness (QED) is 0.0407. The minimum atomic E-state index is -1.05. The lowest BCUT2D eigenvalue weighted by atomic mass is 9.76. The maximum absolute atomic E-state index is 14.4. The number of carbonyl (C=O) groups is 3. The number of rotatable bonds is 19. The second-order valence-corrected chi connectivity index (χ2v) is 16.9. The molecule has 8 rings (SSSR count). The minimum Gasteiger partial charge on any atom is -0.449 e. The summed E-state index contributed by atoms with van der Waals surface area (Å²) in [5, 5.41) is 22.4. The Labute approximate surface area is 387 Å². The molecule has 0 aromatic heterocycles. The van der Waals surface area contributed by atoms with Gasteiger partial charge in [-0.05, 0) is 94.9 Å². The van der Waals surface area contributed by atoms with E-state index in [0.29, 0.717) is 37.1 Å². The van der Waals surface area contributed by atoms with Gasteiger partial charge in [0.2, 0.25) is 11.8 Å². The summed E-state index contributed by atoms with van der Waals surface area (Å²) in [5.74, 6) is -1.05. The zero-order chi connectivity index (χ0) is 45.7. The third-order valence-electron chi connectivity index (χ3n) is 12.5. The van der Waals surface area contributed by atoms with E-state index in [-0.39, 0.29) is 25.6 Å². The van der Waals surface area contributed by atoms with Gasteiger partial charge in [-0.2, -0.15) is 0 Å². The summed E-state index contributed by atoms with van der Waals surface area (Å²) >= 11 is 0. The van der Waals surface area contributed by atoms with Crippen LogP contribution in [0, 0.1) is 6.92 Å². The molecule has 7 aromatic rings. The molecule has 0 bridgehead atoms. The first kappa shape index (κ1) is 45.2. The lowest BCUT2D eigenvalue weighted by Gasteiger charge is -2.37. The monoisotopic (exact) mass is 876 g/mol. The lowest BCUT2D eigenvalue weighted by molar-refractivity contribution is -0.128. The number of benzene rings is 7. The van der Waals surface area contributed by atoms with Gasteiger partial charge in [0.1, 0.15) is 18.7 Å². The van der Waals surface area contributed by atoms with Crippen LogP contribution in [0.2, 0.25) is 0 Å². The standard InChI is InChI=1S/C57H56N4O5/c1-40-28-32-45(33-29-40)57(43-19-7-3-8-20-43,44-21-9-4-10-22-44)58-36-16-15-27-52(54(63)59-46-34-30-42(38-62)31-35-46)60-55(64)53(37-41-17-5-2-6-18-41)61-56(65)66-39-51-49-25-13-11-23-47(49)48-24-12-14-26-50(48)51/h2-14,17-26,28-35,51-53,58,62H,15-16,27,36-39H2,1H3,(H,59,63)(H,60,64)(H,61,65)/t52-,53-/m0/s1. The highest BCUT2D eigenvalue weighted by Crippen LogP contribution is 2.44. The molecule has 66 heavy (non-hydrogen) atoms. The Hall–Kier alpha value is -7.33. The molecule has 3 amide bonds. The summed E-state index contributed by atoms with van der Waals surface area (Å²) in [4.78, 5) is 42.3. The Morgan fingerprint density at radius 3 is 1.71 bits per heavy atom. The molecule has 0 unspecified atom stereocenters. The third-order valence-corrected chi connectivity index (χ3v) is 12.5. The molecule has 7 aromatic carbocycles. The Morgan fingerprint density at radius 2 is 1.12 bits per heavy atom. The highest BCUT2D eigenvalue weighted by atomic mass is 16.5. The molecule has 0 radical (unpaired) electrons. The van der Waals surface area contributed by atoms with E-state index in [1.807, 2.05) is 66.7 Å². The molecular weight excluding hydrogens is 821 g/mol. The van der Waals surface area contributed by atoms with Crippen molar-refractivity contribution in [2.24, 2.45) is 0 Å². The van der Waals surface area contributed by atoms with Crippen LogP contribution in [-0.4, -0.2) is 48.2 Å². The molecule has 334 valence electrons. The number of alkyl carbamates (subject to hydrolysis) is 1. The van der Waals surface area contributed by atoms with Gasteiger partial charge < -0.3 is 25.8 Å². The van der Waals surface area contributed by atoms with Crippen LogP contribution >= 0.6 is 0 Å². The van der Waals surface area contributed by atoms with Crippen molar-refractivity contribution in [2.75, 3.05) is 18.5 Å². The SMILES string of the molecule is Cc1ccc(C(NCCCC[C@H](NC(=O)[C@H](Cc2ccccc2)NC(=O)OCC2c3ccccc3-c3ccccc32)C(=O)Nc2ccc(CO)cc2)(c2ccccc2)c2ccccc2)cc1. The number of nitrogens with one attached hydrogen (secondary N) is 4. The predicted octanol–water partition coefficient (Wildman–Crippen LogP) is 9.81. The van der Waals surface area contributed by atoms with Crippen LogP contribution in [0.4, 0.5) is 10.5 Å². The summed E-state index contributed by atoms with van der Waals surface area (Å²) in [6.45, 7) is 2.65. The van der Waals surface area contributed by atoms with Gasteiger partial charge in [-0.1, -0.05) is 181 Å². The Bertz CT molecular complexity index is 2610. The van der Waals surface area contributed by atoms with Crippen LogP contribution in [-0.2, 0) is 32.9 Å². The highest BCUT2D eigenvalue weighted by Gasteiger charge is 2.36. The molecule has 5 N–H and O–H groups in total. The number of aryl methyl sites for hydroxylation is 1. The van der Waals surface area contributed by atoms with E-state index in [0.717, 1.165) is 44.5 Å². The van der Waals surface area contributed by atoms with E-state index < -0.39 is 35.5 Å². The van der Waals surface area contributed by atoms with Crippen molar-refractivity contribution >= 4 is 23.6 Å². The second kappa shape index (κ2) is 21.6. The topological polar surface area (TPSA) is 129 Å². The fourth-order valence-corrected chi connectivity index (χ4v) is 9.04. The van der Waals surface area contributed by atoms with E-state index in [2.05, 4.69) is 125 Å². The molecule has 0 heterocycles. The van der Waals surface area contributed by atoms with E-state index in [4.69, 9.17) is 4.74 Å². The molecule has 9 heteroatoms. The van der Waals surface area contributed by atoms with Crippen LogP contribution in [0.15, 0.2) is 188 Å². The zero-order valence-electron chi connectivity index (χ0n) is 37.2. The zero-order valence-corrected chi connectivity index (χ0v) is 37.2. The van der Waals surface area contributed by atoms with Crippen molar-refractivity contribution in [1.82, 2.24) is 16.0 Å². The van der Waals surface area contributed by atoms with Crippen LogP contribution < -0.4 is 21.3 Å². The number of aliphatic hydroxyl groups excluding tert-OH is 1. The fraction of sp³-hybridized carbons (Fsp3) is 0.211. The first-order valence-corrected chi connectivity index (χ1v) is 22.7. The van der Waals surface area contributed by atoms with Gasteiger partial charge in [0.05, 0.1) is 12.1 Å². The van der Waals surface area contributed by atoms with Crippen LogP contribution in [0.25, 0.3) is 11.1 Å². The maximum Gasteiger partial charge on any atom is 0.407 e. The molecular formula is C57H56N4O5. The van der Waals surface area contributed by atoms with E-state index in [1.54, 1.807) is 24.3 Å². The fourth-order valence-electron chi connectivity index (χ4n) is 9.04. The minimum absolute atomic E-state index is 0.0907. The van der Waals surface area contributed by atoms with Crippen LogP contribution in [0.1, 0.15) is 69.7 Å². The largest absolute Gasteiger partial charge is 0.449 e. The van der Waals surface area contributed by atoms with Crippen molar-refractivity contribution in [3.63, 3.8) is 0 Å². The molecule has 9 nitrogen and oxygen atoms in total. The number of unbranched alkanes of at least 4 members (excludes halogenated alkanes) is 1. The molecule has 0 saturated heterocycles. The predicted molar refractivity (Wildman–Crippen MR) is 261 cm³/mol. The number of aliphatic hydroxyl groups is 1. The number of hydrogen-bond acceptors (Lipinski definition) is 6. The molecule has 1 aliphatic carbocycles. The van der Waals surface area contributed by atoms with E-state index in [1.165, 1.54) is 5.56 Å². The summed E-state index contributed by atoms with van der Waals surface area (Å²) in [7, 11) is 0. The summed E-state index contributed by atoms with van der Waals surface area (Å²) in [5.41, 5.74) is 10.3. The van der Waals surface area contributed by atoms with Crippen molar-refractivity contribution < 1.29 is 24.2 Å². The molecule has 0 saturated carbocycles. The van der Waals surface area contributed by atoms with E-state index >= 15 is 0 Å². The van der Waals surface area contributed by atoms with Crippen molar-refractivity contribution in [3.8, 4) is 11.1 Å². The molecule has 2 atom stereocenters. The van der Waals surface area contributed by atoms with Crippen molar-refractivity contribution in [1.29, 1.82) is 0 Å². The third kappa shape index (κ3) is 10.6. The van der Waals surface area contributed by atoms with Gasteiger partial charge in [-0.15, -0.1) is 0 Å². The number of hydrogen-bond donors (Lipinski definition) is 5. The van der Waals surface area contributed by atoms with Gasteiger partial charge in [0.15, 0.2) is 0 Å². The number of fused-ring (bicyclic) bond motifs is 3. The Kier molecular flexibility index (Phi) is 14.8. The summed E-state index contributed by atoms with van der Waals surface area (Å²) in [6, 6.07) is 60.1. The smallest absolute Gasteiger partial charge is 0.407 e. The summed E-state index contributed by atoms with van der Waals surface area (Å²) in [6.07, 6.45) is 1.05. The molecule has 0 fully saturated rings. The first-order chi connectivity index (χ1) is 32.3. The average Bonchev–Trinajstić information content (AvgIpc) is 3.68. The van der Waals surface area contributed by atoms with Gasteiger partial charge in [-0.25, -0.2) is 4.79 Å².